The molecule has 0 saturated carbocycles. The Kier molecular flexibility index (Phi) is 7.81. The highest BCUT2D eigenvalue weighted by atomic mass is 16.5. The SMILES string of the molecule is CCNc1ccc(COC(=O)NCCNC(=O)C(C)C)cc1. The third-order valence-electron chi connectivity index (χ3n) is 2.92. The van der Waals surface area contributed by atoms with Crippen LogP contribution < -0.4 is 16.0 Å². The Hall–Kier alpha value is -2.24. The van der Waals surface area contributed by atoms with E-state index in [0.717, 1.165) is 17.8 Å². The van der Waals surface area contributed by atoms with Gasteiger partial charge in [0.1, 0.15) is 6.61 Å². The fraction of sp³-hybridized carbons (Fsp3) is 0.500. The lowest BCUT2D eigenvalue weighted by Crippen LogP contribution is -2.36. The maximum atomic E-state index is 11.5. The maximum absolute atomic E-state index is 11.5. The van der Waals surface area contributed by atoms with E-state index in [1.165, 1.54) is 0 Å². The Balaban J connectivity index is 2.18. The molecule has 0 heterocycles. The molecular weight excluding hydrogens is 282 g/mol. The van der Waals surface area contributed by atoms with Crippen molar-refractivity contribution in [1.29, 1.82) is 0 Å². The summed E-state index contributed by atoms with van der Waals surface area (Å²) in [6.07, 6.45) is -0.491. The van der Waals surface area contributed by atoms with Crippen LogP contribution in [0.1, 0.15) is 26.3 Å². The lowest BCUT2D eigenvalue weighted by Gasteiger charge is -2.10. The van der Waals surface area contributed by atoms with Crippen molar-refractivity contribution in [2.24, 2.45) is 5.92 Å². The van der Waals surface area contributed by atoms with Crippen molar-refractivity contribution < 1.29 is 14.3 Å². The van der Waals surface area contributed by atoms with Crippen LogP contribution in [0.5, 0.6) is 0 Å². The van der Waals surface area contributed by atoms with Crippen molar-refractivity contribution in [3.05, 3.63) is 29.8 Å². The molecule has 0 bridgehead atoms. The number of hydrogen-bond acceptors (Lipinski definition) is 4. The van der Waals surface area contributed by atoms with E-state index in [1.54, 1.807) is 0 Å². The predicted octanol–water partition coefficient (Wildman–Crippen LogP) is 2.12. The summed E-state index contributed by atoms with van der Waals surface area (Å²) in [5, 5.41) is 8.50. The van der Waals surface area contributed by atoms with E-state index < -0.39 is 6.09 Å². The number of amides is 2. The number of ether oxygens (including phenoxy) is 1. The molecule has 1 rings (SSSR count). The highest BCUT2D eigenvalue weighted by Gasteiger charge is 2.06. The van der Waals surface area contributed by atoms with Crippen molar-refractivity contribution in [2.75, 3.05) is 25.0 Å². The van der Waals surface area contributed by atoms with Crippen LogP contribution >= 0.6 is 0 Å². The minimum atomic E-state index is -0.491. The van der Waals surface area contributed by atoms with Crippen LogP contribution in [0.15, 0.2) is 24.3 Å². The first-order chi connectivity index (χ1) is 10.5. The Morgan fingerprint density at radius 3 is 2.32 bits per heavy atom. The Labute approximate surface area is 131 Å². The van der Waals surface area contributed by atoms with Gasteiger partial charge in [0, 0.05) is 31.2 Å². The molecule has 0 atom stereocenters. The molecule has 2 amide bonds. The van der Waals surface area contributed by atoms with Gasteiger partial charge in [0.2, 0.25) is 5.91 Å². The third kappa shape index (κ3) is 6.97. The second-order valence-corrected chi connectivity index (χ2v) is 5.18. The summed E-state index contributed by atoms with van der Waals surface area (Å²) in [6.45, 7) is 7.49. The summed E-state index contributed by atoms with van der Waals surface area (Å²) in [4.78, 5) is 22.8. The molecule has 1 aromatic rings. The topological polar surface area (TPSA) is 79.5 Å². The number of alkyl carbamates (subject to hydrolysis) is 1. The van der Waals surface area contributed by atoms with Gasteiger partial charge in [-0.15, -0.1) is 0 Å². The van der Waals surface area contributed by atoms with Gasteiger partial charge < -0.3 is 20.7 Å². The highest BCUT2D eigenvalue weighted by Crippen LogP contribution is 2.09. The molecule has 0 saturated heterocycles. The first-order valence-electron chi connectivity index (χ1n) is 7.54. The summed E-state index contributed by atoms with van der Waals surface area (Å²) < 4.78 is 5.10. The van der Waals surface area contributed by atoms with Gasteiger partial charge >= 0.3 is 6.09 Å². The number of nitrogens with one attached hydrogen (secondary N) is 3. The molecule has 22 heavy (non-hydrogen) atoms. The summed E-state index contributed by atoms with van der Waals surface area (Å²) in [5.41, 5.74) is 1.96. The van der Waals surface area contributed by atoms with Crippen LogP contribution in [0.4, 0.5) is 10.5 Å². The van der Waals surface area contributed by atoms with Gasteiger partial charge in [-0.3, -0.25) is 4.79 Å². The molecular formula is C16H25N3O3. The number of carbonyl (C=O) groups is 2. The van der Waals surface area contributed by atoms with Crippen molar-refractivity contribution in [3.63, 3.8) is 0 Å². The zero-order valence-corrected chi connectivity index (χ0v) is 13.4. The molecule has 0 aliphatic rings. The normalized spacial score (nSPS) is 10.2. The summed E-state index contributed by atoms with van der Waals surface area (Å²) in [5.74, 6) is -0.0898. The highest BCUT2D eigenvalue weighted by molar-refractivity contribution is 5.77. The first kappa shape index (κ1) is 17.8. The van der Waals surface area contributed by atoms with Gasteiger partial charge in [0.05, 0.1) is 0 Å². The standard InChI is InChI=1S/C16H25N3O3/c1-4-17-14-7-5-13(6-8-14)11-22-16(21)19-10-9-18-15(20)12(2)3/h5-8,12,17H,4,9-11H2,1-3H3,(H,18,20)(H,19,21). The molecule has 0 aromatic heterocycles. The van der Waals surface area contributed by atoms with Crippen LogP contribution in [-0.2, 0) is 16.1 Å². The van der Waals surface area contributed by atoms with Gasteiger partial charge in [-0.25, -0.2) is 4.79 Å². The smallest absolute Gasteiger partial charge is 0.407 e. The number of hydrogen-bond donors (Lipinski definition) is 3. The molecule has 0 radical (unpaired) electrons. The molecule has 122 valence electrons. The fourth-order valence-corrected chi connectivity index (χ4v) is 1.68. The lowest BCUT2D eigenvalue weighted by molar-refractivity contribution is -0.123. The van der Waals surface area contributed by atoms with E-state index in [9.17, 15) is 9.59 Å². The minimum Gasteiger partial charge on any atom is -0.445 e. The van der Waals surface area contributed by atoms with E-state index in [-0.39, 0.29) is 18.4 Å². The second-order valence-electron chi connectivity index (χ2n) is 5.18. The van der Waals surface area contributed by atoms with Crippen LogP contribution in [0.25, 0.3) is 0 Å². The molecule has 0 aliphatic heterocycles. The average molecular weight is 307 g/mol. The molecule has 0 unspecified atom stereocenters. The fourth-order valence-electron chi connectivity index (χ4n) is 1.68. The van der Waals surface area contributed by atoms with Crippen molar-refractivity contribution in [3.8, 4) is 0 Å². The molecule has 3 N–H and O–H groups in total. The van der Waals surface area contributed by atoms with Gasteiger partial charge in [-0.2, -0.15) is 0 Å². The molecule has 6 heteroatoms. The Morgan fingerprint density at radius 2 is 1.73 bits per heavy atom. The van der Waals surface area contributed by atoms with Crippen LogP contribution in [0.3, 0.4) is 0 Å². The van der Waals surface area contributed by atoms with Gasteiger partial charge in [-0.1, -0.05) is 26.0 Å². The van der Waals surface area contributed by atoms with Gasteiger partial charge in [0.15, 0.2) is 0 Å². The first-order valence-corrected chi connectivity index (χ1v) is 7.54. The van der Waals surface area contributed by atoms with E-state index in [1.807, 2.05) is 45.0 Å². The molecule has 6 nitrogen and oxygen atoms in total. The van der Waals surface area contributed by atoms with E-state index in [0.29, 0.717) is 13.1 Å². The zero-order valence-electron chi connectivity index (χ0n) is 13.4. The van der Waals surface area contributed by atoms with Crippen LogP contribution in [-0.4, -0.2) is 31.6 Å². The Bertz CT molecular complexity index is 472. The van der Waals surface area contributed by atoms with Crippen molar-refractivity contribution in [1.82, 2.24) is 10.6 Å². The quantitative estimate of drug-likeness (QED) is 0.643. The molecule has 0 spiro atoms. The largest absolute Gasteiger partial charge is 0.445 e. The lowest BCUT2D eigenvalue weighted by atomic mass is 10.2. The van der Waals surface area contributed by atoms with Gasteiger partial charge in [-0.05, 0) is 24.6 Å². The molecule has 0 fully saturated rings. The van der Waals surface area contributed by atoms with E-state index in [2.05, 4.69) is 16.0 Å². The van der Waals surface area contributed by atoms with E-state index in [4.69, 9.17) is 4.74 Å². The number of carbonyl (C=O) groups excluding carboxylic acids is 2. The number of rotatable bonds is 8. The van der Waals surface area contributed by atoms with Crippen LogP contribution in [0.2, 0.25) is 0 Å². The third-order valence-corrected chi connectivity index (χ3v) is 2.92. The maximum Gasteiger partial charge on any atom is 0.407 e. The molecule has 0 aliphatic carbocycles. The van der Waals surface area contributed by atoms with Crippen LogP contribution in [0, 0.1) is 5.92 Å². The van der Waals surface area contributed by atoms with Crippen molar-refractivity contribution >= 4 is 17.7 Å². The number of anilines is 1. The van der Waals surface area contributed by atoms with Crippen molar-refractivity contribution in [2.45, 2.75) is 27.4 Å². The summed E-state index contributed by atoms with van der Waals surface area (Å²) >= 11 is 0. The van der Waals surface area contributed by atoms with E-state index >= 15 is 0 Å². The minimum absolute atomic E-state index is 0.0315. The summed E-state index contributed by atoms with van der Waals surface area (Å²) in [6, 6.07) is 7.71. The van der Waals surface area contributed by atoms with Gasteiger partial charge in [0.25, 0.3) is 0 Å². The Morgan fingerprint density at radius 1 is 1.09 bits per heavy atom. The monoisotopic (exact) mass is 307 g/mol. The zero-order chi connectivity index (χ0) is 16.4. The second kappa shape index (κ2) is 9.65. The average Bonchev–Trinajstić information content (AvgIpc) is 2.50. The number of benzene rings is 1. The molecule has 1 aromatic carbocycles. The predicted molar refractivity (Wildman–Crippen MR) is 86.6 cm³/mol. The summed E-state index contributed by atoms with van der Waals surface area (Å²) in [7, 11) is 0.